The third-order valence-corrected chi connectivity index (χ3v) is 13.8. The first-order chi connectivity index (χ1) is 38.6. The highest BCUT2D eigenvalue weighted by molar-refractivity contribution is 7.80. The van der Waals surface area contributed by atoms with E-state index in [2.05, 4.69) is 26.3 Å². The van der Waals surface area contributed by atoms with Gasteiger partial charge in [0.05, 0.1) is 38.4 Å². The van der Waals surface area contributed by atoms with Crippen LogP contribution in [0.3, 0.4) is 0 Å². The number of aromatic nitrogens is 1. The Morgan fingerprint density at radius 1 is 0.679 bits per heavy atom. The summed E-state index contributed by atoms with van der Waals surface area (Å²) in [4.78, 5) is 125. The predicted octanol–water partition coefficient (Wildman–Crippen LogP) is 0.183. The molecule has 14 N–H and O–H groups in total. The maximum atomic E-state index is 14.3. The minimum absolute atomic E-state index is 0.0184. The predicted molar refractivity (Wildman–Crippen MR) is 306 cm³/mol. The molecule has 0 aliphatic carbocycles. The van der Waals surface area contributed by atoms with E-state index in [1.54, 1.807) is 35.4 Å². The summed E-state index contributed by atoms with van der Waals surface area (Å²) < 4.78 is 0. The van der Waals surface area contributed by atoms with Gasteiger partial charge in [-0.3, -0.25) is 48.6 Å². The molecule has 1 aliphatic heterocycles. The average molecular weight is 1140 g/mol. The van der Waals surface area contributed by atoms with Crippen molar-refractivity contribution in [2.75, 3.05) is 83.9 Å². The lowest BCUT2D eigenvalue weighted by Gasteiger charge is -2.38. The van der Waals surface area contributed by atoms with Gasteiger partial charge in [-0.15, -0.1) is 0 Å². The summed E-state index contributed by atoms with van der Waals surface area (Å²) in [6.07, 6.45) is 2.47. The number of carbonyl (C=O) groups is 9. The second-order valence-corrected chi connectivity index (χ2v) is 20.4. The minimum Gasteiger partial charge on any atom is -0.480 e. The van der Waals surface area contributed by atoms with Crippen LogP contribution in [0.15, 0.2) is 85.1 Å². The standard InChI is InChI=1S/C55H74N14O11S/c1-36(70)9-18-45(53(78)79)64-54(80)63-44(52(76)77)8-4-5-21-69(31-46-43-7-3-2-6-39(43)19-20-60-46)51(75)40-14-10-38(11-15-40)29-61-55(81)62-41-16-12-37(13-17-41)28-42-30-67(34-49(58)73)25-24-65(32-47(56)71)22-23-66(33-48(57)72)26-27-68(42)35-50(59)74/h2-3,6-7,10-17,19-20,42,44-45H,4-5,8-9,18,21-35H2,1H3,(H2,56,71)(H2,57,72)(H2,58,73)(H2,59,74)(H,76,77)(H,78,79)(H2,61,62,81)(H2,63,64,80)/t42?,44-,45-/m1/s1. The summed E-state index contributed by atoms with van der Waals surface area (Å²) in [6.45, 7) is 4.22. The van der Waals surface area contributed by atoms with E-state index in [0.717, 1.165) is 21.9 Å². The second-order valence-electron chi connectivity index (χ2n) is 20.0. The highest BCUT2D eigenvalue weighted by atomic mass is 32.1. The number of aliphatic carboxylic acids is 2. The van der Waals surface area contributed by atoms with Crippen LogP contribution < -0.4 is 44.2 Å². The molecule has 1 fully saturated rings. The molecule has 7 amide bonds. The summed E-state index contributed by atoms with van der Waals surface area (Å²) in [6, 6.07) is 20.0. The molecule has 3 aromatic carbocycles. The van der Waals surface area contributed by atoms with E-state index in [1.807, 2.05) is 74.2 Å². The molecule has 0 saturated carbocycles. The van der Waals surface area contributed by atoms with Gasteiger partial charge in [0, 0.05) is 94.2 Å². The first-order valence-corrected chi connectivity index (χ1v) is 26.9. The van der Waals surface area contributed by atoms with Crippen molar-refractivity contribution in [1.29, 1.82) is 0 Å². The minimum atomic E-state index is -1.39. The Kier molecular flexibility index (Phi) is 25.3. The largest absolute Gasteiger partial charge is 0.480 e. The summed E-state index contributed by atoms with van der Waals surface area (Å²) in [5.41, 5.74) is 26.0. The number of benzene rings is 3. The van der Waals surface area contributed by atoms with Crippen molar-refractivity contribution >= 4 is 87.1 Å². The number of fused-ring (bicyclic) bond motifs is 1. The van der Waals surface area contributed by atoms with Crippen molar-refractivity contribution in [3.8, 4) is 0 Å². The molecule has 0 spiro atoms. The monoisotopic (exact) mass is 1140 g/mol. The fraction of sp³-hybridized carbons (Fsp3) is 0.436. The van der Waals surface area contributed by atoms with Crippen LogP contribution in [0.2, 0.25) is 0 Å². The van der Waals surface area contributed by atoms with Gasteiger partial charge in [0.1, 0.15) is 17.9 Å². The molecular formula is C55H74N14O11S. The second kappa shape index (κ2) is 32.2. The van der Waals surface area contributed by atoms with E-state index >= 15 is 0 Å². The molecule has 436 valence electrons. The molecule has 0 bridgehead atoms. The van der Waals surface area contributed by atoms with Crippen LogP contribution in [0.25, 0.3) is 10.8 Å². The molecular weight excluding hydrogens is 1060 g/mol. The van der Waals surface area contributed by atoms with Crippen LogP contribution in [0, 0.1) is 0 Å². The van der Waals surface area contributed by atoms with E-state index in [0.29, 0.717) is 87.3 Å². The lowest BCUT2D eigenvalue weighted by molar-refractivity contribution is -0.139. The van der Waals surface area contributed by atoms with Gasteiger partial charge in [-0.1, -0.05) is 48.5 Å². The molecule has 3 atom stereocenters. The molecule has 4 aromatic rings. The van der Waals surface area contributed by atoms with E-state index in [4.69, 9.17) is 35.2 Å². The summed E-state index contributed by atoms with van der Waals surface area (Å²) in [5, 5.41) is 32.4. The number of thiocarbonyl (C=S) groups is 1. The molecule has 81 heavy (non-hydrogen) atoms. The number of carbonyl (C=O) groups excluding carboxylic acids is 7. The molecule has 1 unspecified atom stereocenters. The third-order valence-electron chi connectivity index (χ3n) is 13.5. The maximum absolute atomic E-state index is 14.3. The number of unbranched alkanes of at least 4 members (excludes halogenated alkanes) is 1. The van der Waals surface area contributed by atoms with E-state index in [9.17, 15) is 53.4 Å². The van der Waals surface area contributed by atoms with Gasteiger partial charge in [-0.2, -0.15) is 0 Å². The first kappa shape index (κ1) is 63.7. The van der Waals surface area contributed by atoms with Crippen LogP contribution in [0.4, 0.5) is 10.5 Å². The third kappa shape index (κ3) is 22.5. The number of Topliss-reactive ketones (excluding diaryl/α,β-unsaturated/α-hetero) is 1. The molecule has 1 saturated heterocycles. The number of carboxylic acids is 2. The Labute approximate surface area is 475 Å². The van der Waals surface area contributed by atoms with E-state index in [-0.39, 0.29) is 82.7 Å². The van der Waals surface area contributed by atoms with Crippen LogP contribution in [-0.2, 0) is 53.1 Å². The van der Waals surface area contributed by atoms with Crippen LogP contribution in [0.5, 0.6) is 0 Å². The van der Waals surface area contributed by atoms with Gasteiger partial charge >= 0.3 is 18.0 Å². The molecule has 25 nitrogen and oxygen atoms in total. The first-order valence-electron chi connectivity index (χ1n) is 26.5. The fourth-order valence-corrected chi connectivity index (χ4v) is 9.57. The number of rotatable bonds is 28. The van der Waals surface area contributed by atoms with Crippen LogP contribution in [0.1, 0.15) is 66.2 Å². The number of primary amides is 4. The number of hydrogen-bond donors (Lipinski definition) is 10. The van der Waals surface area contributed by atoms with Gasteiger partial charge in [-0.25, -0.2) is 14.4 Å². The number of urea groups is 1. The van der Waals surface area contributed by atoms with E-state index < -0.39 is 53.7 Å². The lowest BCUT2D eigenvalue weighted by Crippen LogP contribution is -2.54. The summed E-state index contributed by atoms with van der Waals surface area (Å²) >= 11 is 5.65. The molecule has 2 heterocycles. The number of amides is 7. The Morgan fingerprint density at radius 3 is 1.83 bits per heavy atom. The van der Waals surface area contributed by atoms with E-state index in [1.165, 1.54) is 6.92 Å². The highest BCUT2D eigenvalue weighted by Gasteiger charge is 2.28. The Balaban J connectivity index is 1.22. The summed E-state index contributed by atoms with van der Waals surface area (Å²) in [7, 11) is 0. The lowest BCUT2D eigenvalue weighted by atomic mass is 10.0. The van der Waals surface area contributed by atoms with Gasteiger partial charge in [-0.05, 0) is 98.1 Å². The molecule has 0 radical (unpaired) electrons. The number of pyridine rings is 1. The molecule has 26 heteroatoms. The molecule has 1 aliphatic rings. The Hall–Kier alpha value is -8.17. The van der Waals surface area contributed by atoms with Crippen molar-refractivity contribution in [3.05, 3.63) is 107 Å². The number of ketones is 1. The van der Waals surface area contributed by atoms with Crippen molar-refractivity contribution in [2.24, 2.45) is 22.9 Å². The Bertz CT molecular complexity index is 2840. The number of carboxylic acid groups (broad SMARTS) is 2. The highest BCUT2D eigenvalue weighted by Crippen LogP contribution is 2.21. The van der Waals surface area contributed by atoms with Gasteiger partial charge < -0.3 is 64.1 Å². The quantitative estimate of drug-likeness (QED) is 0.0268. The number of anilines is 1. The maximum Gasteiger partial charge on any atom is 0.326 e. The number of hydrogen-bond acceptors (Lipinski definition) is 15. The molecule has 5 rings (SSSR count). The average Bonchev–Trinajstić information content (AvgIpc) is 3.41. The topological polar surface area (TPSA) is 375 Å². The SMILES string of the molecule is CC(=O)CC[C@@H](NC(=O)N[C@H](CCCCN(Cc1nccc2ccccc12)C(=O)c1ccc(CNC(=S)Nc2ccc(CC3CN(CC(N)=O)CCN(CC(N)=O)CCN(CC(N)=O)CCN3CC(N)=O)cc2)cc1)C(=O)O)C(=O)O. The zero-order chi connectivity index (χ0) is 59.0. The smallest absolute Gasteiger partial charge is 0.326 e. The van der Waals surface area contributed by atoms with Crippen molar-refractivity contribution in [2.45, 2.75) is 76.7 Å². The van der Waals surface area contributed by atoms with Crippen LogP contribution >= 0.6 is 12.2 Å². The summed E-state index contributed by atoms with van der Waals surface area (Å²) in [5.74, 6) is -5.39. The van der Waals surface area contributed by atoms with Crippen molar-refractivity contribution in [1.82, 2.24) is 45.4 Å². The number of nitrogens with zero attached hydrogens (tertiary/aromatic N) is 6. The zero-order valence-corrected chi connectivity index (χ0v) is 46.2. The normalized spacial score (nSPS) is 15.6. The van der Waals surface area contributed by atoms with Gasteiger partial charge in [0.2, 0.25) is 23.6 Å². The van der Waals surface area contributed by atoms with Gasteiger partial charge in [0.15, 0.2) is 5.11 Å². The fourth-order valence-electron chi connectivity index (χ4n) is 9.38. The zero-order valence-electron chi connectivity index (χ0n) is 45.4. The van der Waals surface area contributed by atoms with Gasteiger partial charge in [0.25, 0.3) is 5.91 Å². The Morgan fingerprint density at radius 2 is 1.23 bits per heavy atom. The number of nitrogens with two attached hydrogens (primary N) is 4. The van der Waals surface area contributed by atoms with Crippen molar-refractivity contribution in [3.63, 3.8) is 0 Å². The van der Waals surface area contributed by atoms with Crippen LogP contribution in [-0.4, -0.2) is 195 Å². The van der Waals surface area contributed by atoms with Crippen molar-refractivity contribution < 1.29 is 53.4 Å². The number of nitrogens with one attached hydrogen (secondary N) is 4. The molecule has 1 aromatic heterocycles.